The number of thiazole rings is 1. The van der Waals surface area contributed by atoms with Crippen LogP contribution in [-0.2, 0) is 6.54 Å². The Kier molecular flexibility index (Phi) is 4.40. The van der Waals surface area contributed by atoms with Crippen molar-refractivity contribution in [2.24, 2.45) is 0 Å². The second-order valence-corrected chi connectivity index (χ2v) is 7.47. The fraction of sp³-hybridized carbons (Fsp3) is 0.389. The molecular formula is C18H21N5S. The van der Waals surface area contributed by atoms with Gasteiger partial charge in [0.05, 0.1) is 10.7 Å². The fourth-order valence-corrected chi connectivity index (χ4v) is 3.91. The third-order valence-electron chi connectivity index (χ3n) is 4.68. The Balaban J connectivity index is 1.35. The second kappa shape index (κ2) is 6.83. The van der Waals surface area contributed by atoms with Gasteiger partial charge in [0.25, 0.3) is 0 Å². The highest BCUT2D eigenvalue weighted by molar-refractivity contribution is 7.11. The highest BCUT2D eigenvalue weighted by atomic mass is 32.1. The SMILES string of the molecule is C[C@@H](NCc1cnc(C2CCC2)s1)c1ccc(-n2cncn2)cc1. The summed E-state index contributed by atoms with van der Waals surface area (Å²) in [4.78, 5) is 9.89. The maximum Gasteiger partial charge on any atom is 0.138 e. The lowest BCUT2D eigenvalue weighted by Crippen LogP contribution is -2.17. The van der Waals surface area contributed by atoms with Gasteiger partial charge in [-0.15, -0.1) is 11.3 Å². The predicted octanol–water partition coefficient (Wildman–Crippen LogP) is 3.84. The molecule has 0 bridgehead atoms. The van der Waals surface area contributed by atoms with Crippen molar-refractivity contribution in [1.82, 2.24) is 25.1 Å². The zero-order valence-electron chi connectivity index (χ0n) is 13.7. The van der Waals surface area contributed by atoms with E-state index >= 15 is 0 Å². The van der Waals surface area contributed by atoms with Crippen LogP contribution < -0.4 is 5.32 Å². The first kappa shape index (κ1) is 15.5. The molecule has 24 heavy (non-hydrogen) atoms. The average molecular weight is 339 g/mol. The molecule has 3 aromatic rings. The van der Waals surface area contributed by atoms with Gasteiger partial charge in [0.1, 0.15) is 12.7 Å². The molecule has 1 aliphatic carbocycles. The molecule has 1 saturated carbocycles. The van der Waals surface area contributed by atoms with Crippen LogP contribution in [0.3, 0.4) is 0 Å². The number of hydrogen-bond acceptors (Lipinski definition) is 5. The summed E-state index contributed by atoms with van der Waals surface area (Å²) < 4.78 is 1.77. The molecule has 0 aliphatic heterocycles. The summed E-state index contributed by atoms with van der Waals surface area (Å²) in [7, 11) is 0. The first-order valence-corrected chi connectivity index (χ1v) is 9.24. The number of nitrogens with zero attached hydrogens (tertiary/aromatic N) is 4. The Labute approximate surface area is 145 Å². The molecule has 0 saturated heterocycles. The molecule has 1 aromatic carbocycles. The van der Waals surface area contributed by atoms with E-state index in [1.807, 2.05) is 17.5 Å². The van der Waals surface area contributed by atoms with Gasteiger partial charge in [-0.05, 0) is 37.5 Å². The van der Waals surface area contributed by atoms with Crippen LogP contribution in [-0.4, -0.2) is 19.7 Å². The Bertz CT molecular complexity index is 774. The molecule has 0 spiro atoms. The van der Waals surface area contributed by atoms with Crippen molar-refractivity contribution in [3.05, 3.63) is 58.6 Å². The van der Waals surface area contributed by atoms with Crippen molar-refractivity contribution >= 4 is 11.3 Å². The highest BCUT2D eigenvalue weighted by Gasteiger charge is 2.22. The van der Waals surface area contributed by atoms with Crippen LogP contribution >= 0.6 is 11.3 Å². The molecule has 1 aliphatic rings. The summed E-state index contributed by atoms with van der Waals surface area (Å²) in [5, 5.41) is 9.07. The third-order valence-corrected chi connectivity index (χ3v) is 5.84. The second-order valence-electron chi connectivity index (χ2n) is 6.33. The van der Waals surface area contributed by atoms with E-state index in [9.17, 15) is 0 Å². The molecule has 1 fully saturated rings. The van der Waals surface area contributed by atoms with E-state index in [0.717, 1.165) is 18.2 Å². The molecule has 4 rings (SSSR count). The zero-order chi connectivity index (χ0) is 16.4. The Morgan fingerprint density at radius 3 is 2.79 bits per heavy atom. The van der Waals surface area contributed by atoms with Crippen molar-refractivity contribution in [2.45, 2.75) is 44.7 Å². The van der Waals surface area contributed by atoms with Gasteiger partial charge >= 0.3 is 0 Å². The summed E-state index contributed by atoms with van der Waals surface area (Å²) in [5.74, 6) is 0.727. The van der Waals surface area contributed by atoms with Gasteiger partial charge in [0.15, 0.2) is 0 Å². The maximum absolute atomic E-state index is 4.59. The molecular weight excluding hydrogens is 318 g/mol. The molecule has 124 valence electrons. The molecule has 0 amide bonds. The van der Waals surface area contributed by atoms with Crippen molar-refractivity contribution in [3.63, 3.8) is 0 Å². The Hall–Kier alpha value is -2.05. The van der Waals surface area contributed by atoms with Gasteiger partial charge < -0.3 is 5.32 Å². The van der Waals surface area contributed by atoms with Crippen LogP contribution in [0.4, 0.5) is 0 Å². The van der Waals surface area contributed by atoms with Crippen molar-refractivity contribution in [2.75, 3.05) is 0 Å². The van der Waals surface area contributed by atoms with Gasteiger partial charge in [0, 0.05) is 29.6 Å². The van der Waals surface area contributed by atoms with E-state index in [4.69, 9.17) is 0 Å². The predicted molar refractivity (Wildman–Crippen MR) is 95.3 cm³/mol. The van der Waals surface area contributed by atoms with Gasteiger partial charge in [-0.2, -0.15) is 5.10 Å². The molecule has 0 radical (unpaired) electrons. The van der Waals surface area contributed by atoms with E-state index in [2.05, 4.69) is 51.6 Å². The zero-order valence-corrected chi connectivity index (χ0v) is 14.5. The van der Waals surface area contributed by atoms with Crippen LogP contribution in [0.5, 0.6) is 0 Å². The fourth-order valence-electron chi connectivity index (χ4n) is 2.88. The van der Waals surface area contributed by atoms with Crippen molar-refractivity contribution in [3.8, 4) is 5.69 Å². The number of benzene rings is 1. The van der Waals surface area contributed by atoms with Crippen LogP contribution in [0.15, 0.2) is 43.1 Å². The number of nitrogens with one attached hydrogen (secondary N) is 1. The smallest absolute Gasteiger partial charge is 0.138 e. The molecule has 1 N–H and O–H groups in total. The van der Waals surface area contributed by atoms with Gasteiger partial charge in [-0.3, -0.25) is 0 Å². The monoisotopic (exact) mass is 339 g/mol. The minimum atomic E-state index is 0.295. The van der Waals surface area contributed by atoms with Crippen molar-refractivity contribution in [1.29, 1.82) is 0 Å². The van der Waals surface area contributed by atoms with Crippen LogP contribution in [0.1, 0.15) is 53.6 Å². The van der Waals surface area contributed by atoms with Gasteiger partial charge in [0.2, 0.25) is 0 Å². The third kappa shape index (κ3) is 3.25. The lowest BCUT2D eigenvalue weighted by molar-refractivity contribution is 0.418. The standard InChI is InChI=1S/C18H21N5S/c1-13(14-5-7-16(8-6-14)23-12-19-11-22-23)20-9-17-10-21-18(24-17)15-3-2-4-15/h5-8,10-13,15,20H,2-4,9H2,1H3/t13-/m1/s1. The van der Waals surface area contributed by atoms with Crippen molar-refractivity contribution < 1.29 is 0 Å². The van der Waals surface area contributed by atoms with E-state index in [-0.39, 0.29) is 0 Å². The molecule has 0 unspecified atom stereocenters. The summed E-state index contributed by atoms with van der Waals surface area (Å²) >= 11 is 1.86. The van der Waals surface area contributed by atoms with Gasteiger partial charge in [-0.25, -0.2) is 14.6 Å². The Morgan fingerprint density at radius 1 is 1.29 bits per heavy atom. The maximum atomic E-state index is 4.59. The molecule has 1 atom stereocenters. The largest absolute Gasteiger partial charge is 0.305 e. The molecule has 2 aromatic heterocycles. The summed E-state index contributed by atoms with van der Waals surface area (Å²) in [6, 6.07) is 8.72. The van der Waals surface area contributed by atoms with Crippen LogP contribution in [0.25, 0.3) is 5.69 Å². The molecule has 5 nitrogen and oxygen atoms in total. The van der Waals surface area contributed by atoms with E-state index in [0.29, 0.717) is 6.04 Å². The number of hydrogen-bond donors (Lipinski definition) is 1. The van der Waals surface area contributed by atoms with E-state index < -0.39 is 0 Å². The topological polar surface area (TPSA) is 55.6 Å². The van der Waals surface area contributed by atoms with Crippen LogP contribution in [0, 0.1) is 0 Å². The molecule has 6 heteroatoms. The summed E-state index contributed by atoms with van der Waals surface area (Å²) in [6.45, 7) is 3.06. The van der Waals surface area contributed by atoms with Crippen LogP contribution in [0.2, 0.25) is 0 Å². The average Bonchev–Trinajstić information content (AvgIpc) is 3.23. The Morgan fingerprint density at radius 2 is 2.12 bits per heavy atom. The summed E-state index contributed by atoms with van der Waals surface area (Å²) in [5.41, 5.74) is 2.29. The van der Waals surface area contributed by atoms with Gasteiger partial charge in [-0.1, -0.05) is 18.6 Å². The first-order chi connectivity index (χ1) is 11.8. The normalized spacial score (nSPS) is 16.0. The highest BCUT2D eigenvalue weighted by Crippen LogP contribution is 2.38. The van der Waals surface area contributed by atoms with E-state index in [1.165, 1.54) is 34.7 Å². The van der Waals surface area contributed by atoms with E-state index in [1.54, 1.807) is 17.3 Å². The summed E-state index contributed by atoms with van der Waals surface area (Å²) in [6.07, 6.45) is 9.28. The molecule has 2 heterocycles. The first-order valence-electron chi connectivity index (χ1n) is 8.42. The minimum absolute atomic E-state index is 0.295. The number of aromatic nitrogens is 4. The lowest BCUT2D eigenvalue weighted by atomic mass is 9.86. The lowest BCUT2D eigenvalue weighted by Gasteiger charge is -2.22. The minimum Gasteiger partial charge on any atom is -0.305 e. The number of rotatable bonds is 6. The quantitative estimate of drug-likeness (QED) is 0.741.